The molecule has 0 aliphatic carbocycles. The van der Waals surface area contributed by atoms with Gasteiger partial charge in [-0.25, -0.2) is 0 Å². The van der Waals surface area contributed by atoms with Crippen LogP contribution in [0.1, 0.15) is 31.1 Å². The first-order valence-corrected chi connectivity index (χ1v) is 6.75. The van der Waals surface area contributed by atoms with E-state index in [1.165, 1.54) is 22.5 Å². The third kappa shape index (κ3) is 2.02. The van der Waals surface area contributed by atoms with E-state index in [9.17, 15) is 0 Å². The maximum atomic E-state index is 6.17. The number of hydrogen-bond acceptors (Lipinski definition) is 2. The number of anilines is 2. The van der Waals surface area contributed by atoms with Crippen LogP contribution in [-0.4, -0.2) is 13.2 Å². The van der Waals surface area contributed by atoms with Gasteiger partial charge in [-0.15, -0.1) is 0 Å². The minimum atomic E-state index is 0.0311. The van der Waals surface area contributed by atoms with Crippen LogP contribution in [0.3, 0.4) is 0 Å². The lowest BCUT2D eigenvalue weighted by molar-refractivity contribution is 0.0301. The number of para-hydroxylation sites is 2. The summed E-state index contributed by atoms with van der Waals surface area (Å²) in [7, 11) is 2.11. The molecular formula is C17H19NO. The summed E-state index contributed by atoms with van der Waals surface area (Å²) in [5, 5.41) is 0. The molecule has 2 nitrogen and oxygen atoms in total. The molecule has 1 aliphatic rings. The number of fused-ring (bicyclic) bond motifs is 2. The van der Waals surface area contributed by atoms with Crippen molar-refractivity contribution < 1.29 is 4.74 Å². The van der Waals surface area contributed by atoms with E-state index < -0.39 is 0 Å². The quantitative estimate of drug-likeness (QED) is 0.792. The topological polar surface area (TPSA) is 12.5 Å². The molecule has 0 atom stereocenters. The molecule has 19 heavy (non-hydrogen) atoms. The minimum absolute atomic E-state index is 0.0311. The van der Waals surface area contributed by atoms with Crippen LogP contribution in [0.4, 0.5) is 11.4 Å². The second-order valence-corrected chi connectivity index (χ2v) is 5.24. The van der Waals surface area contributed by atoms with E-state index in [0.29, 0.717) is 0 Å². The highest BCUT2D eigenvalue weighted by Gasteiger charge is 2.29. The second-order valence-electron chi connectivity index (χ2n) is 5.24. The summed E-state index contributed by atoms with van der Waals surface area (Å²) in [5.74, 6) is 0. The second kappa shape index (κ2) is 4.71. The summed E-state index contributed by atoms with van der Waals surface area (Å²) >= 11 is 0. The standard InChI is InChI=1S/C17H19NO/c1-12(2)19-17-13-8-4-6-10-15(13)18(3)16-11-7-5-9-14(16)17/h4-12,17H,1-3H3. The van der Waals surface area contributed by atoms with Gasteiger partial charge in [-0.1, -0.05) is 36.4 Å². The molecule has 0 unspecified atom stereocenters. The average molecular weight is 253 g/mol. The summed E-state index contributed by atoms with van der Waals surface area (Å²) in [6.45, 7) is 4.17. The van der Waals surface area contributed by atoms with Gasteiger partial charge >= 0.3 is 0 Å². The Morgan fingerprint density at radius 3 is 1.84 bits per heavy atom. The van der Waals surface area contributed by atoms with Crippen molar-refractivity contribution in [2.45, 2.75) is 26.1 Å². The fourth-order valence-electron chi connectivity index (χ4n) is 2.75. The highest BCUT2D eigenvalue weighted by Crippen LogP contribution is 2.45. The number of ether oxygens (including phenoxy) is 1. The first-order chi connectivity index (χ1) is 9.18. The lowest BCUT2D eigenvalue weighted by Gasteiger charge is -2.35. The first kappa shape index (κ1) is 12.2. The van der Waals surface area contributed by atoms with Crippen LogP contribution in [0.5, 0.6) is 0 Å². The van der Waals surface area contributed by atoms with Crippen molar-refractivity contribution >= 4 is 11.4 Å². The lowest BCUT2D eigenvalue weighted by Crippen LogP contribution is -2.24. The predicted octanol–water partition coefficient (Wildman–Crippen LogP) is 4.28. The van der Waals surface area contributed by atoms with Crippen LogP contribution in [0.2, 0.25) is 0 Å². The predicted molar refractivity (Wildman–Crippen MR) is 79.0 cm³/mol. The molecule has 0 fully saturated rings. The van der Waals surface area contributed by atoms with E-state index in [2.05, 4.69) is 74.3 Å². The Kier molecular flexibility index (Phi) is 3.03. The van der Waals surface area contributed by atoms with Gasteiger partial charge in [0.2, 0.25) is 0 Å². The Balaban J connectivity index is 2.17. The Morgan fingerprint density at radius 2 is 1.37 bits per heavy atom. The molecule has 0 bridgehead atoms. The smallest absolute Gasteiger partial charge is 0.112 e. The van der Waals surface area contributed by atoms with Crippen molar-refractivity contribution in [2.75, 3.05) is 11.9 Å². The molecule has 0 amide bonds. The van der Waals surface area contributed by atoms with Gasteiger partial charge in [-0.3, -0.25) is 0 Å². The van der Waals surface area contributed by atoms with Gasteiger partial charge in [0, 0.05) is 29.5 Å². The molecular weight excluding hydrogens is 234 g/mol. The maximum Gasteiger partial charge on any atom is 0.112 e. The molecule has 0 N–H and O–H groups in total. The molecule has 98 valence electrons. The van der Waals surface area contributed by atoms with Gasteiger partial charge in [0.25, 0.3) is 0 Å². The van der Waals surface area contributed by atoms with Crippen molar-refractivity contribution in [3.8, 4) is 0 Å². The number of rotatable bonds is 2. The summed E-state index contributed by atoms with van der Waals surface area (Å²) in [4.78, 5) is 2.24. The summed E-state index contributed by atoms with van der Waals surface area (Å²) in [6.07, 6.45) is 0.234. The largest absolute Gasteiger partial charge is 0.366 e. The van der Waals surface area contributed by atoms with Crippen LogP contribution >= 0.6 is 0 Å². The molecule has 2 aromatic carbocycles. The fraction of sp³-hybridized carbons (Fsp3) is 0.294. The molecule has 3 rings (SSSR count). The normalized spacial score (nSPS) is 14.4. The van der Waals surface area contributed by atoms with Crippen LogP contribution < -0.4 is 4.90 Å². The van der Waals surface area contributed by atoms with E-state index in [-0.39, 0.29) is 12.2 Å². The van der Waals surface area contributed by atoms with Gasteiger partial charge in [0.05, 0.1) is 6.10 Å². The van der Waals surface area contributed by atoms with Gasteiger partial charge in [-0.05, 0) is 26.0 Å². The van der Waals surface area contributed by atoms with Gasteiger partial charge in [-0.2, -0.15) is 0 Å². The Morgan fingerprint density at radius 1 is 0.895 bits per heavy atom. The fourth-order valence-corrected chi connectivity index (χ4v) is 2.75. The van der Waals surface area contributed by atoms with Crippen molar-refractivity contribution in [3.63, 3.8) is 0 Å². The minimum Gasteiger partial charge on any atom is -0.366 e. The Bertz CT molecular complexity index is 544. The average Bonchev–Trinajstić information content (AvgIpc) is 2.43. The highest BCUT2D eigenvalue weighted by atomic mass is 16.5. The molecule has 0 radical (unpaired) electrons. The zero-order valence-electron chi connectivity index (χ0n) is 11.6. The van der Waals surface area contributed by atoms with Crippen molar-refractivity contribution in [3.05, 3.63) is 59.7 Å². The number of hydrogen-bond donors (Lipinski definition) is 0. The van der Waals surface area contributed by atoms with Gasteiger partial charge < -0.3 is 9.64 Å². The summed E-state index contributed by atoms with van der Waals surface area (Å²) in [5.41, 5.74) is 4.95. The van der Waals surface area contributed by atoms with E-state index in [4.69, 9.17) is 4.74 Å². The maximum absolute atomic E-state index is 6.17. The molecule has 1 aliphatic heterocycles. The molecule has 0 saturated carbocycles. The zero-order valence-corrected chi connectivity index (χ0v) is 11.6. The van der Waals surface area contributed by atoms with Crippen LogP contribution in [0.25, 0.3) is 0 Å². The molecule has 0 spiro atoms. The van der Waals surface area contributed by atoms with Crippen LogP contribution in [0, 0.1) is 0 Å². The molecule has 2 heteroatoms. The van der Waals surface area contributed by atoms with E-state index in [1.807, 2.05) is 0 Å². The Hall–Kier alpha value is -1.80. The van der Waals surface area contributed by atoms with Crippen molar-refractivity contribution in [2.24, 2.45) is 0 Å². The van der Waals surface area contributed by atoms with Crippen molar-refractivity contribution in [1.82, 2.24) is 0 Å². The third-order valence-electron chi connectivity index (χ3n) is 3.57. The molecule has 1 heterocycles. The van der Waals surface area contributed by atoms with Gasteiger partial charge in [0.1, 0.15) is 6.10 Å². The van der Waals surface area contributed by atoms with E-state index >= 15 is 0 Å². The number of benzene rings is 2. The Labute approximate surface area is 114 Å². The monoisotopic (exact) mass is 253 g/mol. The van der Waals surface area contributed by atoms with Crippen LogP contribution in [-0.2, 0) is 4.74 Å². The zero-order chi connectivity index (χ0) is 13.4. The highest BCUT2D eigenvalue weighted by molar-refractivity contribution is 5.74. The first-order valence-electron chi connectivity index (χ1n) is 6.75. The summed E-state index contributed by atoms with van der Waals surface area (Å²) < 4.78 is 6.17. The van der Waals surface area contributed by atoms with Gasteiger partial charge in [0.15, 0.2) is 0 Å². The van der Waals surface area contributed by atoms with E-state index in [1.54, 1.807) is 0 Å². The molecule has 2 aromatic rings. The van der Waals surface area contributed by atoms with Crippen LogP contribution in [0.15, 0.2) is 48.5 Å². The SMILES string of the molecule is CC(C)OC1c2ccccc2N(C)c2ccccc21. The third-order valence-corrected chi connectivity index (χ3v) is 3.57. The number of nitrogens with zero attached hydrogens (tertiary/aromatic N) is 1. The molecule has 0 saturated heterocycles. The van der Waals surface area contributed by atoms with E-state index in [0.717, 1.165) is 0 Å². The van der Waals surface area contributed by atoms with Crippen molar-refractivity contribution in [1.29, 1.82) is 0 Å². The summed E-state index contributed by atoms with van der Waals surface area (Å²) in [6, 6.07) is 17.0. The molecule has 0 aromatic heterocycles. The lowest BCUT2D eigenvalue weighted by atomic mass is 9.93.